The van der Waals surface area contributed by atoms with Crippen molar-refractivity contribution in [3.63, 3.8) is 0 Å². The molecule has 0 bridgehead atoms. The molecule has 1 aromatic rings. The number of hydrogen-bond acceptors (Lipinski definition) is 2. The number of nitrogens with zero attached hydrogens (tertiary/aromatic N) is 1. The monoisotopic (exact) mass is 237 g/mol. The molecule has 0 aliphatic rings. The zero-order valence-corrected chi connectivity index (χ0v) is 10.9. The van der Waals surface area contributed by atoms with Crippen LogP contribution in [0.2, 0.25) is 0 Å². The van der Waals surface area contributed by atoms with E-state index in [9.17, 15) is 0 Å². The van der Waals surface area contributed by atoms with Crippen LogP contribution in [0, 0.1) is 13.8 Å². The maximum atomic E-state index is 5.76. The van der Waals surface area contributed by atoms with E-state index >= 15 is 0 Å². The van der Waals surface area contributed by atoms with Crippen molar-refractivity contribution in [1.29, 1.82) is 0 Å². The van der Waals surface area contributed by atoms with Gasteiger partial charge >= 0.3 is 0 Å². The normalized spacial score (nSPS) is 11.6. The van der Waals surface area contributed by atoms with Crippen LogP contribution >= 0.6 is 11.8 Å². The molecule has 0 spiro atoms. The van der Waals surface area contributed by atoms with Crippen molar-refractivity contribution in [1.82, 2.24) is 0 Å². The average Bonchev–Trinajstić information content (AvgIpc) is 2.24. The Hall–Kier alpha value is -1.16. The molecule has 0 aliphatic heterocycles. The molecule has 0 radical (unpaired) electrons. The van der Waals surface area contributed by atoms with E-state index in [2.05, 4.69) is 42.5 Å². The molecule has 16 heavy (non-hydrogen) atoms. The number of guanidine groups is 1. The van der Waals surface area contributed by atoms with E-state index in [1.54, 1.807) is 11.8 Å². The van der Waals surface area contributed by atoms with E-state index in [-0.39, 0.29) is 0 Å². The molecular weight excluding hydrogens is 218 g/mol. The molecule has 0 aromatic heterocycles. The summed E-state index contributed by atoms with van der Waals surface area (Å²) in [5.41, 5.74) is 9.29. The Labute approximate surface area is 102 Å². The Balaban J connectivity index is 2.59. The van der Waals surface area contributed by atoms with Gasteiger partial charge in [-0.05, 0) is 43.4 Å². The van der Waals surface area contributed by atoms with Crippen LogP contribution < -0.4 is 11.1 Å². The van der Waals surface area contributed by atoms with Gasteiger partial charge < -0.3 is 11.1 Å². The summed E-state index contributed by atoms with van der Waals surface area (Å²) in [6, 6.07) is 6.17. The van der Waals surface area contributed by atoms with E-state index in [0.717, 1.165) is 18.0 Å². The summed E-state index contributed by atoms with van der Waals surface area (Å²) in [4.78, 5) is 4.22. The van der Waals surface area contributed by atoms with Crippen LogP contribution in [0.25, 0.3) is 0 Å². The van der Waals surface area contributed by atoms with Crippen molar-refractivity contribution >= 4 is 23.4 Å². The Bertz CT molecular complexity index is 375. The van der Waals surface area contributed by atoms with Gasteiger partial charge in [0.05, 0.1) is 6.54 Å². The van der Waals surface area contributed by atoms with Crippen LogP contribution in [0.3, 0.4) is 0 Å². The van der Waals surface area contributed by atoms with E-state index in [0.29, 0.717) is 5.96 Å². The highest BCUT2D eigenvalue weighted by Gasteiger charge is 1.97. The highest BCUT2D eigenvalue weighted by Crippen LogP contribution is 2.13. The van der Waals surface area contributed by atoms with E-state index in [4.69, 9.17) is 5.73 Å². The number of aryl methyl sites for hydroxylation is 2. The van der Waals surface area contributed by atoms with Gasteiger partial charge in [-0.15, -0.1) is 0 Å². The Morgan fingerprint density at radius 3 is 2.75 bits per heavy atom. The van der Waals surface area contributed by atoms with Gasteiger partial charge in [-0.25, -0.2) is 0 Å². The number of nitrogens with two attached hydrogens (primary N) is 1. The summed E-state index contributed by atoms with van der Waals surface area (Å²) < 4.78 is 0. The van der Waals surface area contributed by atoms with Crippen LogP contribution in [-0.4, -0.2) is 24.5 Å². The minimum atomic E-state index is 0.484. The second-order valence-corrected chi connectivity index (χ2v) is 4.67. The van der Waals surface area contributed by atoms with Gasteiger partial charge in [-0.2, -0.15) is 11.8 Å². The van der Waals surface area contributed by atoms with Gasteiger partial charge in [0.25, 0.3) is 0 Å². The van der Waals surface area contributed by atoms with Crippen LogP contribution in [0.15, 0.2) is 23.2 Å². The fourth-order valence-corrected chi connectivity index (χ4v) is 1.54. The third kappa shape index (κ3) is 4.14. The van der Waals surface area contributed by atoms with E-state index in [1.807, 2.05) is 6.07 Å². The number of benzene rings is 1. The molecule has 1 aromatic carbocycles. The molecule has 4 heteroatoms. The van der Waals surface area contributed by atoms with Crippen molar-refractivity contribution in [3.05, 3.63) is 29.3 Å². The maximum Gasteiger partial charge on any atom is 0.193 e. The lowest BCUT2D eigenvalue weighted by Gasteiger charge is -2.07. The number of anilines is 1. The number of nitrogens with one attached hydrogen (secondary N) is 1. The minimum absolute atomic E-state index is 0.484. The quantitative estimate of drug-likeness (QED) is 0.480. The molecule has 88 valence electrons. The van der Waals surface area contributed by atoms with Gasteiger partial charge in [-0.3, -0.25) is 4.99 Å². The number of thioether (sulfide) groups is 1. The Morgan fingerprint density at radius 1 is 1.38 bits per heavy atom. The first kappa shape index (κ1) is 12.9. The lowest BCUT2D eigenvalue weighted by atomic mass is 10.1. The third-order valence-corrected chi connectivity index (χ3v) is 2.95. The lowest BCUT2D eigenvalue weighted by Crippen LogP contribution is -2.23. The molecule has 0 amide bonds. The van der Waals surface area contributed by atoms with Gasteiger partial charge in [0.15, 0.2) is 5.96 Å². The molecule has 1 rings (SSSR count). The van der Waals surface area contributed by atoms with Crippen LogP contribution in [0.5, 0.6) is 0 Å². The highest BCUT2D eigenvalue weighted by atomic mass is 32.2. The average molecular weight is 237 g/mol. The zero-order valence-electron chi connectivity index (χ0n) is 10.1. The zero-order chi connectivity index (χ0) is 12.0. The smallest absolute Gasteiger partial charge is 0.193 e. The van der Waals surface area contributed by atoms with Crippen molar-refractivity contribution in [2.45, 2.75) is 13.8 Å². The Kier molecular flexibility index (Phi) is 5.19. The molecule has 0 fully saturated rings. The predicted molar refractivity (Wildman–Crippen MR) is 74.4 cm³/mol. The van der Waals surface area contributed by atoms with Crippen molar-refractivity contribution in [2.75, 3.05) is 23.9 Å². The standard InChI is InChI=1S/C12H19N3S/c1-9-4-5-11(8-10(9)2)15-12(13)14-6-7-16-3/h4-5,8H,6-7H2,1-3H3,(H3,13,14,15). The van der Waals surface area contributed by atoms with Crippen molar-refractivity contribution in [3.8, 4) is 0 Å². The fraction of sp³-hybridized carbons (Fsp3) is 0.417. The Morgan fingerprint density at radius 2 is 2.12 bits per heavy atom. The van der Waals surface area contributed by atoms with Crippen LogP contribution in [0.1, 0.15) is 11.1 Å². The van der Waals surface area contributed by atoms with Crippen molar-refractivity contribution in [2.24, 2.45) is 10.7 Å². The van der Waals surface area contributed by atoms with Crippen molar-refractivity contribution < 1.29 is 0 Å². The third-order valence-electron chi connectivity index (χ3n) is 2.36. The molecule has 3 nitrogen and oxygen atoms in total. The molecule has 0 saturated heterocycles. The predicted octanol–water partition coefficient (Wildman–Crippen LogP) is 2.39. The van der Waals surface area contributed by atoms with Crippen LogP contribution in [-0.2, 0) is 0 Å². The summed E-state index contributed by atoms with van der Waals surface area (Å²) >= 11 is 1.76. The largest absolute Gasteiger partial charge is 0.370 e. The first-order valence-electron chi connectivity index (χ1n) is 5.26. The first-order chi connectivity index (χ1) is 7.63. The van der Waals surface area contributed by atoms with Crippen LogP contribution in [0.4, 0.5) is 5.69 Å². The molecule has 0 atom stereocenters. The summed E-state index contributed by atoms with van der Waals surface area (Å²) in [5, 5.41) is 3.09. The van der Waals surface area contributed by atoms with E-state index < -0.39 is 0 Å². The molecule has 3 N–H and O–H groups in total. The summed E-state index contributed by atoms with van der Waals surface area (Å²) in [6.45, 7) is 4.93. The number of rotatable bonds is 4. The number of hydrogen-bond donors (Lipinski definition) is 2. The maximum absolute atomic E-state index is 5.76. The number of aliphatic imine (C=N–C) groups is 1. The second-order valence-electron chi connectivity index (χ2n) is 3.68. The van der Waals surface area contributed by atoms with Gasteiger partial charge in [0.2, 0.25) is 0 Å². The summed E-state index contributed by atoms with van der Waals surface area (Å²) in [5.74, 6) is 1.48. The topological polar surface area (TPSA) is 50.4 Å². The van der Waals surface area contributed by atoms with Gasteiger partial charge in [0.1, 0.15) is 0 Å². The first-order valence-corrected chi connectivity index (χ1v) is 6.66. The lowest BCUT2D eigenvalue weighted by molar-refractivity contribution is 1.13. The highest BCUT2D eigenvalue weighted by molar-refractivity contribution is 7.98. The second kappa shape index (κ2) is 6.43. The SMILES string of the molecule is CSCCN=C(N)Nc1ccc(C)c(C)c1. The molecule has 0 aliphatic carbocycles. The minimum Gasteiger partial charge on any atom is -0.370 e. The van der Waals surface area contributed by atoms with E-state index in [1.165, 1.54) is 11.1 Å². The molecular formula is C12H19N3S. The fourth-order valence-electron chi connectivity index (χ4n) is 1.26. The molecule has 0 saturated carbocycles. The summed E-state index contributed by atoms with van der Waals surface area (Å²) in [6.07, 6.45) is 2.06. The van der Waals surface area contributed by atoms with Gasteiger partial charge in [0, 0.05) is 11.4 Å². The van der Waals surface area contributed by atoms with Gasteiger partial charge in [-0.1, -0.05) is 6.07 Å². The molecule has 0 heterocycles. The summed E-state index contributed by atoms with van der Waals surface area (Å²) in [7, 11) is 0. The molecule has 0 unspecified atom stereocenters.